The van der Waals surface area contributed by atoms with Crippen molar-refractivity contribution in [1.29, 1.82) is 0 Å². The fourth-order valence-electron chi connectivity index (χ4n) is 3.19. The van der Waals surface area contributed by atoms with Crippen LogP contribution in [0.5, 0.6) is 0 Å². The van der Waals surface area contributed by atoms with E-state index in [9.17, 15) is 4.79 Å². The van der Waals surface area contributed by atoms with Crippen LogP contribution >= 0.6 is 0 Å². The molecule has 2 atom stereocenters. The molecule has 1 heterocycles. The fraction of sp³-hybridized carbons (Fsp3) is 0.692. The molecule has 3 rings (SSSR count). The van der Waals surface area contributed by atoms with Crippen molar-refractivity contribution in [2.45, 2.75) is 31.8 Å². The molecule has 5 nitrogen and oxygen atoms in total. The Hall–Kier alpha value is -1.36. The van der Waals surface area contributed by atoms with Gasteiger partial charge in [0.2, 0.25) is 5.76 Å². The fourth-order valence-corrected chi connectivity index (χ4v) is 3.19. The number of ether oxygens (including phenoxy) is 2. The largest absolute Gasteiger partial charge is 0.463 e. The Kier molecular flexibility index (Phi) is 2.86. The summed E-state index contributed by atoms with van der Waals surface area (Å²) in [6.07, 6.45) is 3.82. The lowest BCUT2D eigenvalue weighted by Crippen LogP contribution is -2.04. The van der Waals surface area contributed by atoms with E-state index in [2.05, 4.69) is 4.98 Å². The summed E-state index contributed by atoms with van der Waals surface area (Å²) in [6.45, 7) is 0.274. The van der Waals surface area contributed by atoms with Gasteiger partial charge in [0.05, 0.1) is 13.7 Å². The summed E-state index contributed by atoms with van der Waals surface area (Å²) < 4.78 is 15.4. The first-order valence-corrected chi connectivity index (χ1v) is 6.33. The first-order valence-electron chi connectivity index (χ1n) is 6.33. The molecule has 0 bridgehead atoms. The van der Waals surface area contributed by atoms with Crippen LogP contribution in [0.2, 0.25) is 0 Å². The zero-order valence-corrected chi connectivity index (χ0v) is 10.6. The summed E-state index contributed by atoms with van der Waals surface area (Å²) in [5, 5.41) is 0. The van der Waals surface area contributed by atoms with Crippen molar-refractivity contribution in [3.05, 3.63) is 17.3 Å². The number of esters is 1. The average Bonchev–Trinajstić information content (AvgIpc) is 2.79. The summed E-state index contributed by atoms with van der Waals surface area (Å²) in [5.41, 5.74) is 0.546. The molecule has 0 saturated heterocycles. The molecule has 98 valence electrons. The summed E-state index contributed by atoms with van der Waals surface area (Å²) in [7, 11) is 2.91. The van der Waals surface area contributed by atoms with Crippen LogP contribution in [-0.2, 0) is 16.1 Å². The van der Waals surface area contributed by atoms with Crippen LogP contribution in [0.4, 0.5) is 0 Å². The van der Waals surface area contributed by atoms with Gasteiger partial charge in [0, 0.05) is 13.0 Å². The highest BCUT2D eigenvalue weighted by Gasteiger charge is 2.56. The molecular formula is C13H17NO4. The lowest BCUT2D eigenvalue weighted by molar-refractivity contribution is 0.0556. The number of fused-ring (bicyclic) bond motifs is 1. The highest BCUT2D eigenvalue weighted by atomic mass is 16.5. The minimum Gasteiger partial charge on any atom is -0.463 e. The van der Waals surface area contributed by atoms with E-state index in [1.165, 1.54) is 26.4 Å². The predicted molar refractivity (Wildman–Crippen MR) is 62.1 cm³/mol. The lowest BCUT2D eigenvalue weighted by Gasteiger charge is -1.97. The molecule has 0 spiro atoms. The van der Waals surface area contributed by atoms with E-state index >= 15 is 0 Å². The second-order valence-electron chi connectivity index (χ2n) is 5.04. The van der Waals surface area contributed by atoms with Gasteiger partial charge in [-0.25, -0.2) is 9.78 Å². The third kappa shape index (κ3) is 1.73. The molecule has 18 heavy (non-hydrogen) atoms. The molecule has 2 fully saturated rings. The van der Waals surface area contributed by atoms with E-state index in [1.54, 1.807) is 7.11 Å². The van der Waals surface area contributed by atoms with Crippen molar-refractivity contribution in [2.75, 3.05) is 14.2 Å². The maximum atomic E-state index is 11.6. The molecule has 0 radical (unpaired) electrons. The Labute approximate surface area is 105 Å². The van der Waals surface area contributed by atoms with Gasteiger partial charge < -0.3 is 13.9 Å². The highest BCUT2D eigenvalue weighted by Crippen LogP contribution is 2.62. The van der Waals surface area contributed by atoms with Crippen molar-refractivity contribution in [1.82, 2.24) is 4.98 Å². The minimum atomic E-state index is -0.480. The number of hydrogen-bond acceptors (Lipinski definition) is 5. The molecule has 1 aromatic heterocycles. The number of oxazole rings is 1. The number of nitrogens with zero attached hydrogens (tertiary/aromatic N) is 1. The Bertz CT molecular complexity index is 458. The van der Waals surface area contributed by atoms with Gasteiger partial charge in [-0.1, -0.05) is 6.42 Å². The van der Waals surface area contributed by atoms with Crippen LogP contribution in [0, 0.1) is 11.8 Å². The van der Waals surface area contributed by atoms with Gasteiger partial charge in [-0.3, -0.25) is 0 Å². The smallest absolute Gasteiger partial charge is 0.376 e. The average molecular weight is 251 g/mol. The summed E-state index contributed by atoms with van der Waals surface area (Å²) in [5.74, 6) is 2.24. The molecule has 0 aliphatic heterocycles. The highest BCUT2D eigenvalue weighted by molar-refractivity contribution is 5.87. The zero-order valence-electron chi connectivity index (χ0n) is 10.6. The van der Waals surface area contributed by atoms with Crippen LogP contribution in [0.15, 0.2) is 4.42 Å². The van der Waals surface area contributed by atoms with E-state index in [-0.39, 0.29) is 12.4 Å². The molecule has 1 aromatic rings. The number of methoxy groups -OCH3 is 2. The quantitative estimate of drug-likeness (QED) is 0.767. The Morgan fingerprint density at radius 2 is 2.11 bits per heavy atom. The van der Waals surface area contributed by atoms with Gasteiger partial charge in [-0.2, -0.15) is 0 Å². The number of hydrogen-bond donors (Lipinski definition) is 0. The normalized spacial score (nSPS) is 29.1. The maximum absolute atomic E-state index is 11.6. The van der Waals surface area contributed by atoms with E-state index in [1.807, 2.05) is 0 Å². The molecule has 5 heteroatoms. The van der Waals surface area contributed by atoms with Gasteiger partial charge in [0.1, 0.15) is 5.69 Å². The molecule has 2 unspecified atom stereocenters. The number of carbonyl (C=O) groups is 1. The number of aromatic nitrogens is 1. The third-order valence-corrected chi connectivity index (χ3v) is 4.06. The van der Waals surface area contributed by atoms with Crippen molar-refractivity contribution < 1.29 is 18.7 Å². The maximum Gasteiger partial charge on any atom is 0.376 e. The first kappa shape index (κ1) is 11.7. The first-order chi connectivity index (χ1) is 8.76. The number of rotatable bonds is 4. The van der Waals surface area contributed by atoms with E-state index in [0.29, 0.717) is 29.3 Å². The molecule has 0 aromatic carbocycles. The van der Waals surface area contributed by atoms with Crippen molar-refractivity contribution in [3.8, 4) is 0 Å². The van der Waals surface area contributed by atoms with Crippen molar-refractivity contribution in [2.24, 2.45) is 11.8 Å². The van der Waals surface area contributed by atoms with Crippen LogP contribution in [0.25, 0.3) is 0 Å². The molecule has 2 saturated carbocycles. The van der Waals surface area contributed by atoms with Crippen LogP contribution in [-0.4, -0.2) is 25.2 Å². The molecule has 0 N–H and O–H groups in total. The van der Waals surface area contributed by atoms with E-state index in [4.69, 9.17) is 13.9 Å². The Morgan fingerprint density at radius 3 is 2.72 bits per heavy atom. The summed E-state index contributed by atoms with van der Waals surface area (Å²) in [6, 6.07) is 0. The van der Waals surface area contributed by atoms with E-state index < -0.39 is 5.97 Å². The van der Waals surface area contributed by atoms with Crippen LogP contribution in [0.3, 0.4) is 0 Å². The second-order valence-corrected chi connectivity index (χ2v) is 5.04. The van der Waals surface area contributed by atoms with Gasteiger partial charge in [0.25, 0.3) is 0 Å². The van der Waals surface area contributed by atoms with Crippen LogP contribution < -0.4 is 0 Å². The third-order valence-electron chi connectivity index (χ3n) is 4.06. The van der Waals surface area contributed by atoms with Gasteiger partial charge in [-0.15, -0.1) is 0 Å². The monoisotopic (exact) mass is 251 g/mol. The minimum absolute atomic E-state index is 0.194. The second kappa shape index (κ2) is 4.39. The van der Waals surface area contributed by atoms with Crippen LogP contribution in [0.1, 0.15) is 47.3 Å². The van der Waals surface area contributed by atoms with Gasteiger partial charge in [-0.05, 0) is 24.7 Å². The summed E-state index contributed by atoms with van der Waals surface area (Å²) >= 11 is 0. The molecular weight excluding hydrogens is 234 g/mol. The molecule has 2 aliphatic rings. The zero-order chi connectivity index (χ0) is 12.7. The Morgan fingerprint density at radius 1 is 1.39 bits per heavy atom. The standard InChI is InChI=1S/C13H17NO4/c1-16-6-9-11(13(15)17-2)18-12(14-9)10-7-4-3-5-8(7)10/h7-8,10H,3-6H2,1-2H3. The van der Waals surface area contributed by atoms with E-state index in [0.717, 1.165) is 0 Å². The lowest BCUT2D eigenvalue weighted by atomic mass is 10.1. The SMILES string of the molecule is COCc1nc(C2C3CCCC32)oc1C(=O)OC. The predicted octanol–water partition coefficient (Wildman–Crippen LogP) is 2.12. The Balaban J connectivity index is 1.85. The van der Waals surface area contributed by atoms with Gasteiger partial charge >= 0.3 is 5.97 Å². The topological polar surface area (TPSA) is 61.6 Å². The molecule has 2 aliphatic carbocycles. The van der Waals surface area contributed by atoms with Crippen molar-refractivity contribution in [3.63, 3.8) is 0 Å². The molecule has 0 amide bonds. The van der Waals surface area contributed by atoms with Crippen molar-refractivity contribution >= 4 is 5.97 Å². The van der Waals surface area contributed by atoms with Gasteiger partial charge in [0.15, 0.2) is 5.89 Å². The number of carbonyl (C=O) groups excluding carboxylic acids is 1. The summed E-state index contributed by atoms with van der Waals surface area (Å²) in [4.78, 5) is 16.0.